The van der Waals surface area contributed by atoms with Gasteiger partial charge in [0, 0.05) is 18.1 Å². The number of nitrogens with one attached hydrogen (secondary N) is 1. The fourth-order valence-electron chi connectivity index (χ4n) is 2.71. The predicted molar refractivity (Wildman–Crippen MR) is 76.2 cm³/mol. The van der Waals surface area contributed by atoms with Crippen molar-refractivity contribution in [3.63, 3.8) is 0 Å². The fraction of sp³-hybridized carbons (Fsp3) is 0.467. The molecule has 0 radical (unpaired) electrons. The number of nitrogens with zero attached hydrogens (tertiary/aromatic N) is 1. The van der Waals surface area contributed by atoms with E-state index in [-0.39, 0.29) is 24.3 Å². The summed E-state index contributed by atoms with van der Waals surface area (Å²) in [5, 5.41) is 4.07. The summed E-state index contributed by atoms with van der Waals surface area (Å²) in [6, 6.07) is 7.44. The van der Waals surface area contributed by atoms with Crippen LogP contribution in [0.3, 0.4) is 0 Å². The van der Waals surface area contributed by atoms with Crippen molar-refractivity contribution in [3.8, 4) is 0 Å². The second-order valence-electron chi connectivity index (χ2n) is 5.58. The first-order chi connectivity index (χ1) is 9.56. The number of hydrogen-bond donors (Lipinski definition) is 1. The SMILES string of the molecule is CN1C(=O)CC(NC(c2ccc(Cl)cc2)C2CC2)C1=O. The molecule has 1 saturated carbocycles. The van der Waals surface area contributed by atoms with Crippen molar-refractivity contribution in [2.45, 2.75) is 31.3 Å². The molecule has 5 heteroatoms. The highest BCUT2D eigenvalue weighted by atomic mass is 35.5. The average Bonchev–Trinajstić information content (AvgIpc) is 3.23. The van der Waals surface area contributed by atoms with E-state index in [4.69, 9.17) is 11.6 Å². The Morgan fingerprint density at radius 3 is 2.40 bits per heavy atom. The lowest BCUT2D eigenvalue weighted by molar-refractivity contribution is -0.137. The Kier molecular flexibility index (Phi) is 3.52. The highest BCUT2D eigenvalue weighted by molar-refractivity contribution is 6.30. The summed E-state index contributed by atoms with van der Waals surface area (Å²) in [4.78, 5) is 24.8. The Labute approximate surface area is 123 Å². The van der Waals surface area contributed by atoms with E-state index < -0.39 is 6.04 Å². The number of hydrogen-bond acceptors (Lipinski definition) is 3. The van der Waals surface area contributed by atoms with Crippen molar-refractivity contribution in [3.05, 3.63) is 34.9 Å². The van der Waals surface area contributed by atoms with Crippen LogP contribution in [0.15, 0.2) is 24.3 Å². The molecule has 1 aliphatic carbocycles. The normalized spacial score (nSPS) is 24.3. The molecule has 1 heterocycles. The van der Waals surface area contributed by atoms with Gasteiger partial charge in [-0.15, -0.1) is 0 Å². The molecule has 2 aliphatic rings. The van der Waals surface area contributed by atoms with E-state index in [0.29, 0.717) is 10.9 Å². The summed E-state index contributed by atoms with van der Waals surface area (Å²) < 4.78 is 0. The molecule has 0 spiro atoms. The van der Waals surface area contributed by atoms with Gasteiger partial charge in [0.25, 0.3) is 0 Å². The van der Waals surface area contributed by atoms with Crippen molar-refractivity contribution in [2.75, 3.05) is 7.05 Å². The first-order valence-corrected chi connectivity index (χ1v) is 7.26. The molecule has 2 amide bonds. The van der Waals surface area contributed by atoms with Crippen molar-refractivity contribution in [1.82, 2.24) is 10.2 Å². The number of amides is 2. The van der Waals surface area contributed by atoms with Crippen LogP contribution in [-0.2, 0) is 9.59 Å². The third kappa shape index (κ3) is 2.58. The summed E-state index contributed by atoms with van der Waals surface area (Å²) in [5.41, 5.74) is 1.13. The highest BCUT2D eigenvalue weighted by Crippen LogP contribution is 2.41. The van der Waals surface area contributed by atoms with E-state index in [1.54, 1.807) is 7.05 Å². The standard InChI is InChI=1S/C15H17ClN2O2/c1-18-13(19)8-12(15(18)20)17-14(9-2-3-9)10-4-6-11(16)7-5-10/h4-7,9,12,14,17H,2-3,8H2,1H3. The lowest BCUT2D eigenvalue weighted by atomic mass is 10.0. The smallest absolute Gasteiger partial charge is 0.246 e. The maximum atomic E-state index is 12.0. The Balaban J connectivity index is 1.77. The Morgan fingerprint density at radius 2 is 1.90 bits per heavy atom. The van der Waals surface area contributed by atoms with Gasteiger partial charge in [-0.25, -0.2) is 0 Å². The van der Waals surface area contributed by atoms with E-state index in [1.165, 1.54) is 4.90 Å². The van der Waals surface area contributed by atoms with E-state index in [0.717, 1.165) is 18.4 Å². The summed E-state index contributed by atoms with van der Waals surface area (Å²) >= 11 is 5.92. The predicted octanol–water partition coefficient (Wildman–Crippen LogP) is 2.14. The molecule has 4 nitrogen and oxygen atoms in total. The van der Waals surface area contributed by atoms with Crippen molar-refractivity contribution in [1.29, 1.82) is 0 Å². The van der Waals surface area contributed by atoms with Gasteiger partial charge >= 0.3 is 0 Å². The third-order valence-corrected chi connectivity index (χ3v) is 4.34. The molecule has 1 aliphatic heterocycles. The molecule has 1 aromatic carbocycles. The van der Waals surface area contributed by atoms with E-state index in [2.05, 4.69) is 5.32 Å². The zero-order chi connectivity index (χ0) is 14.3. The molecule has 106 valence electrons. The van der Waals surface area contributed by atoms with Gasteiger partial charge in [-0.2, -0.15) is 0 Å². The minimum Gasteiger partial charge on any atom is -0.298 e. The Bertz CT molecular complexity index is 539. The van der Waals surface area contributed by atoms with Crippen LogP contribution in [0.4, 0.5) is 0 Å². The number of benzene rings is 1. The minimum atomic E-state index is -0.395. The molecule has 20 heavy (non-hydrogen) atoms. The molecule has 0 aromatic heterocycles. The number of imide groups is 1. The minimum absolute atomic E-state index is 0.113. The number of likely N-dealkylation sites (N-methyl/N-ethyl adjacent to an activating group) is 1. The van der Waals surface area contributed by atoms with Crippen molar-refractivity contribution >= 4 is 23.4 Å². The maximum Gasteiger partial charge on any atom is 0.246 e. The van der Waals surface area contributed by atoms with Crippen LogP contribution in [0, 0.1) is 5.92 Å². The zero-order valence-corrected chi connectivity index (χ0v) is 12.1. The zero-order valence-electron chi connectivity index (χ0n) is 11.3. The number of carbonyl (C=O) groups is 2. The molecule has 1 aromatic rings. The molecule has 2 unspecified atom stereocenters. The van der Waals surface area contributed by atoms with Crippen LogP contribution in [0.5, 0.6) is 0 Å². The first-order valence-electron chi connectivity index (χ1n) is 6.88. The average molecular weight is 293 g/mol. The van der Waals surface area contributed by atoms with Gasteiger partial charge in [-0.3, -0.25) is 19.8 Å². The molecule has 2 fully saturated rings. The number of halogens is 1. The van der Waals surface area contributed by atoms with Gasteiger partial charge in [0.15, 0.2) is 0 Å². The molecular weight excluding hydrogens is 276 g/mol. The monoisotopic (exact) mass is 292 g/mol. The molecule has 1 N–H and O–H groups in total. The molecular formula is C15H17ClN2O2. The van der Waals surface area contributed by atoms with Crippen LogP contribution in [-0.4, -0.2) is 29.8 Å². The summed E-state index contributed by atoms with van der Waals surface area (Å²) in [5.74, 6) is 0.303. The summed E-state index contributed by atoms with van der Waals surface area (Å²) in [6.45, 7) is 0. The van der Waals surface area contributed by atoms with Crippen molar-refractivity contribution in [2.24, 2.45) is 5.92 Å². The molecule has 1 saturated heterocycles. The number of rotatable bonds is 4. The van der Waals surface area contributed by atoms with Crippen molar-refractivity contribution < 1.29 is 9.59 Å². The van der Waals surface area contributed by atoms with Gasteiger partial charge in [-0.05, 0) is 36.5 Å². The largest absolute Gasteiger partial charge is 0.298 e. The molecule has 0 bridgehead atoms. The quantitative estimate of drug-likeness (QED) is 0.865. The Hall–Kier alpha value is -1.39. The summed E-state index contributed by atoms with van der Waals surface area (Å²) in [6.07, 6.45) is 2.57. The lowest BCUT2D eigenvalue weighted by Crippen LogP contribution is -2.40. The van der Waals surface area contributed by atoms with Gasteiger partial charge < -0.3 is 0 Å². The van der Waals surface area contributed by atoms with Gasteiger partial charge in [0.05, 0.1) is 12.5 Å². The maximum absolute atomic E-state index is 12.0. The number of likely N-dealkylation sites (tertiary alicyclic amines) is 1. The molecule has 2 atom stereocenters. The van der Waals surface area contributed by atoms with E-state index in [1.807, 2.05) is 24.3 Å². The van der Waals surface area contributed by atoms with Crippen LogP contribution < -0.4 is 5.32 Å². The second-order valence-corrected chi connectivity index (χ2v) is 6.02. The lowest BCUT2D eigenvalue weighted by Gasteiger charge is -2.22. The van der Waals surface area contributed by atoms with Gasteiger partial charge in [-0.1, -0.05) is 23.7 Å². The topological polar surface area (TPSA) is 49.4 Å². The van der Waals surface area contributed by atoms with E-state index >= 15 is 0 Å². The number of carbonyl (C=O) groups excluding carboxylic acids is 2. The second kappa shape index (κ2) is 5.19. The van der Waals surface area contributed by atoms with Crippen LogP contribution in [0.2, 0.25) is 5.02 Å². The van der Waals surface area contributed by atoms with Gasteiger partial charge in [0.1, 0.15) is 0 Å². The highest BCUT2D eigenvalue weighted by Gasteiger charge is 2.40. The Morgan fingerprint density at radius 1 is 1.25 bits per heavy atom. The first kappa shape index (κ1) is 13.6. The fourth-order valence-corrected chi connectivity index (χ4v) is 2.83. The van der Waals surface area contributed by atoms with Crippen LogP contribution in [0.1, 0.15) is 30.9 Å². The van der Waals surface area contributed by atoms with Crippen LogP contribution in [0.25, 0.3) is 0 Å². The molecule has 3 rings (SSSR count). The van der Waals surface area contributed by atoms with Gasteiger partial charge in [0.2, 0.25) is 11.8 Å². The summed E-state index contributed by atoms with van der Waals surface area (Å²) in [7, 11) is 1.54. The third-order valence-electron chi connectivity index (χ3n) is 4.08. The van der Waals surface area contributed by atoms with E-state index in [9.17, 15) is 9.59 Å². The van der Waals surface area contributed by atoms with Crippen LogP contribution >= 0.6 is 11.6 Å².